The van der Waals surface area contributed by atoms with Gasteiger partial charge < -0.3 is 14.5 Å². The van der Waals surface area contributed by atoms with Crippen molar-refractivity contribution in [1.29, 1.82) is 0 Å². The van der Waals surface area contributed by atoms with Gasteiger partial charge in [0.25, 0.3) is 0 Å². The van der Waals surface area contributed by atoms with E-state index in [1.807, 2.05) is 11.9 Å². The van der Waals surface area contributed by atoms with Crippen LogP contribution >= 0.6 is 10.5 Å². The summed E-state index contributed by atoms with van der Waals surface area (Å²) in [7, 11) is 2.08. The van der Waals surface area contributed by atoms with Crippen molar-refractivity contribution >= 4 is 22.0 Å². The Hall–Kier alpha value is -1.63. The first-order valence-corrected chi connectivity index (χ1v) is 8.50. The number of ether oxygens (including phenoxy) is 1. The highest BCUT2D eigenvalue weighted by atomic mass is 32.2. The predicted molar refractivity (Wildman–Crippen MR) is 86.7 cm³/mol. The van der Waals surface area contributed by atoms with Gasteiger partial charge in [0, 0.05) is 37.3 Å². The molecule has 1 aromatic rings. The number of halogens is 3. The van der Waals surface area contributed by atoms with Crippen LogP contribution in [0.25, 0.3) is 0 Å². The second-order valence-corrected chi connectivity index (χ2v) is 7.07. The number of nitrogens with zero attached hydrogens (tertiary/aromatic N) is 2. The van der Waals surface area contributed by atoms with Gasteiger partial charge in [-0.15, -0.1) is 13.2 Å². The van der Waals surface area contributed by atoms with E-state index in [4.69, 9.17) is 0 Å². The summed E-state index contributed by atoms with van der Waals surface area (Å²) in [4.78, 5) is 4.04. The summed E-state index contributed by atoms with van der Waals surface area (Å²) in [6.07, 6.45) is -4.67. The number of benzene rings is 1. The smallest absolute Gasteiger partial charge is 0.406 e. The number of hydrogen-bond acceptors (Lipinski definition) is 3. The second kappa shape index (κ2) is 6.64. The summed E-state index contributed by atoms with van der Waals surface area (Å²) in [6, 6.07) is 5.77. The minimum atomic E-state index is -4.67. The maximum atomic E-state index is 12.1. The average Bonchev–Trinajstić information content (AvgIpc) is 2.46. The second-order valence-electron chi connectivity index (χ2n) is 5.02. The van der Waals surface area contributed by atoms with E-state index >= 15 is 0 Å². The van der Waals surface area contributed by atoms with Gasteiger partial charge in [-0.05, 0) is 24.3 Å². The minimum Gasteiger partial charge on any atom is -0.406 e. The lowest BCUT2D eigenvalue weighted by Gasteiger charge is -2.36. The lowest BCUT2D eigenvalue weighted by Crippen LogP contribution is -2.38. The van der Waals surface area contributed by atoms with E-state index in [0.717, 1.165) is 36.1 Å². The number of hydrogen-bond donors (Lipinski definition) is 0. The van der Waals surface area contributed by atoms with Gasteiger partial charge in [-0.2, -0.15) is 10.5 Å². The summed E-state index contributed by atoms with van der Waals surface area (Å²) in [6.45, 7) is 5.90. The Labute approximate surface area is 130 Å². The molecule has 22 heavy (non-hydrogen) atoms. The van der Waals surface area contributed by atoms with E-state index < -0.39 is 6.36 Å². The van der Waals surface area contributed by atoms with E-state index in [1.54, 1.807) is 12.1 Å². The molecule has 0 spiro atoms. The van der Waals surface area contributed by atoms with Gasteiger partial charge in [-0.1, -0.05) is 12.4 Å². The zero-order valence-corrected chi connectivity index (χ0v) is 13.2. The quantitative estimate of drug-likeness (QED) is 0.785. The van der Waals surface area contributed by atoms with E-state index in [1.165, 1.54) is 12.1 Å². The van der Waals surface area contributed by atoms with Crippen LogP contribution in [0.2, 0.25) is 0 Å². The van der Waals surface area contributed by atoms with E-state index in [9.17, 15) is 13.2 Å². The molecular formula is C15H19F3N2OS. The van der Waals surface area contributed by atoms with Crippen molar-refractivity contribution < 1.29 is 17.9 Å². The average molecular weight is 332 g/mol. The maximum absolute atomic E-state index is 12.1. The number of anilines is 1. The Bertz CT molecular complexity index is 547. The van der Waals surface area contributed by atoms with Gasteiger partial charge in [-0.3, -0.25) is 0 Å². The first kappa shape index (κ1) is 16.7. The first-order valence-electron chi connectivity index (χ1n) is 6.77. The van der Waals surface area contributed by atoms with Crippen molar-refractivity contribution in [2.24, 2.45) is 0 Å². The molecule has 1 heterocycles. The van der Waals surface area contributed by atoms with Gasteiger partial charge in [0.1, 0.15) is 11.6 Å². The normalized spacial score (nSPS) is 16.5. The van der Waals surface area contributed by atoms with Crippen molar-refractivity contribution in [3.8, 4) is 5.75 Å². The minimum absolute atomic E-state index is 0.227. The molecule has 2 rings (SSSR count). The molecule has 1 fully saturated rings. The molecule has 0 N–H and O–H groups in total. The number of alkyl halides is 3. The molecule has 0 bridgehead atoms. The van der Waals surface area contributed by atoms with E-state index in [0.29, 0.717) is 0 Å². The molecule has 0 saturated carbocycles. The fourth-order valence-corrected chi connectivity index (χ4v) is 3.34. The van der Waals surface area contributed by atoms with Crippen molar-refractivity contribution in [3.63, 3.8) is 0 Å². The summed E-state index contributed by atoms with van der Waals surface area (Å²) < 4.78 is 40.3. The van der Waals surface area contributed by atoms with Gasteiger partial charge >= 0.3 is 6.36 Å². The lowest BCUT2D eigenvalue weighted by molar-refractivity contribution is -0.274. The van der Waals surface area contributed by atoms with Crippen LogP contribution in [0.4, 0.5) is 18.9 Å². The molecule has 0 unspecified atom stereocenters. The van der Waals surface area contributed by atoms with Crippen LogP contribution in [0.1, 0.15) is 0 Å². The summed E-state index contributed by atoms with van der Waals surface area (Å²) in [5.74, 6) is 6.79. The molecule has 0 atom stereocenters. The third kappa shape index (κ3) is 4.43. The molecule has 1 aliphatic heterocycles. The molecule has 3 nitrogen and oxygen atoms in total. The third-order valence-corrected chi connectivity index (χ3v) is 5.03. The van der Waals surface area contributed by atoms with Crippen LogP contribution < -0.4 is 9.64 Å². The van der Waals surface area contributed by atoms with Gasteiger partial charge in [0.15, 0.2) is 0 Å². The fraction of sp³-hybridized carbons (Fsp3) is 0.400. The molecular weight excluding hydrogens is 313 g/mol. The van der Waals surface area contributed by atoms with E-state index in [2.05, 4.69) is 22.1 Å². The Balaban J connectivity index is 2.01. The number of rotatable bonds is 4. The summed E-state index contributed by atoms with van der Waals surface area (Å²) >= 11 is 0. The summed E-state index contributed by atoms with van der Waals surface area (Å²) in [5, 5.41) is 0. The van der Waals surface area contributed by atoms with Gasteiger partial charge in [0.05, 0.1) is 0 Å². The standard InChI is InChI=1S/C15H19F3N2OS/c1-12(20-8-10-22(3)11-9-20)19(2)13-4-6-14(7-5-13)21-15(16,17)18/h4-7H,1,3,8-11H2,2H3. The lowest BCUT2D eigenvalue weighted by atomic mass is 10.3. The SMILES string of the molecule is C=C(N1CCS(=C)CC1)N(C)c1ccc(OC(F)(F)F)cc1. The van der Waals surface area contributed by atoms with Gasteiger partial charge in [0.2, 0.25) is 0 Å². The molecule has 122 valence electrons. The van der Waals surface area contributed by atoms with Crippen molar-refractivity contribution in [2.45, 2.75) is 6.36 Å². The highest BCUT2D eigenvalue weighted by Gasteiger charge is 2.31. The molecule has 0 radical (unpaired) electrons. The largest absolute Gasteiger partial charge is 0.573 e. The molecule has 0 aromatic heterocycles. The van der Waals surface area contributed by atoms with Crippen LogP contribution in [0, 0.1) is 0 Å². The highest BCUT2D eigenvalue weighted by molar-refractivity contribution is 8.14. The van der Waals surface area contributed by atoms with Crippen molar-refractivity contribution in [2.75, 3.05) is 36.5 Å². The topological polar surface area (TPSA) is 15.7 Å². The third-order valence-electron chi connectivity index (χ3n) is 3.51. The van der Waals surface area contributed by atoms with Crippen LogP contribution in [0.3, 0.4) is 0 Å². The molecule has 1 aromatic carbocycles. The fourth-order valence-electron chi connectivity index (χ4n) is 2.18. The Morgan fingerprint density at radius 1 is 1.23 bits per heavy atom. The summed E-state index contributed by atoms with van der Waals surface area (Å²) in [5.41, 5.74) is 0.763. The molecule has 1 aliphatic rings. The van der Waals surface area contributed by atoms with E-state index in [-0.39, 0.29) is 16.2 Å². The zero-order chi connectivity index (χ0) is 16.3. The van der Waals surface area contributed by atoms with Crippen LogP contribution in [0.5, 0.6) is 5.75 Å². The van der Waals surface area contributed by atoms with Crippen molar-refractivity contribution in [1.82, 2.24) is 4.90 Å². The zero-order valence-electron chi connectivity index (χ0n) is 12.4. The predicted octanol–water partition coefficient (Wildman–Crippen LogP) is 3.51. The Morgan fingerprint density at radius 2 is 1.77 bits per heavy atom. The Kier molecular flexibility index (Phi) is 5.05. The molecule has 1 saturated heterocycles. The molecule has 0 amide bonds. The van der Waals surface area contributed by atoms with Gasteiger partial charge in [-0.25, -0.2) is 0 Å². The van der Waals surface area contributed by atoms with Crippen LogP contribution in [0.15, 0.2) is 36.7 Å². The first-order chi connectivity index (χ1) is 10.3. The monoisotopic (exact) mass is 332 g/mol. The maximum Gasteiger partial charge on any atom is 0.573 e. The Morgan fingerprint density at radius 3 is 2.27 bits per heavy atom. The van der Waals surface area contributed by atoms with Crippen LogP contribution in [-0.2, 0) is 0 Å². The van der Waals surface area contributed by atoms with Crippen molar-refractivity contribution in [3.05, 3.63) is 36.7 Å². The van der Waals surface area contributed by atoms with Crippen LogP contribution in [-0.4, -0.2) is 48.8 Å². The highest BCUT2D eigenvalue weighted by Crippen LogP contribution is 2.27. The molecule has 0 aliphatic carbocycles. The molecule has 7 heteroatoms.